The summed E-state index contributed by atoms with van der Waals surface area (Å²) < 4.78 is 5.08. The lowest BCUT2D eigenvalue weighted by Crippen LogP contribution is -2.27. The van der Waals surface area contributed by atoms with Crippen molar-refractivity contribution >= 4 is 67.8 Å². The Morgan fingerprint density at radius 3 is 1.80 bits per heavy atom. The molecule has 0 N–H and O–H groups in total. The van der Waals surface area contributed by atoms with E-state index in [9.17, 15) is 0 Å². The van der Waals surface area contributed by atoms with Crippen LogP contribution in [0.2, 0.25) is 0 Å². The number of nitrogens with zero attached hydrogens (tertiary/aromatic N) is 2. The third kappa shape index (κ3) is 3.44. The highest BCUT2D eigenvalue weighted by Crippen LogP contribution is 2.46. The predicted octanol–water partition coefficient (Wildman–Crippen LogP) is 6.61. The first kappa shape index (κ1) is 22.2. The fourth-order valence-electron chi connectivity index (χ4n) is 4.94. The largest absolute Gasteiger partial charge is 0.319 e. The summed E-state index contributed by atoms with van der Waals surface area (Å²) >= 11 is 12.8. The maximum absolute atomic E-state index is 6.78. The Bertz CT molecular complexity index is 1760. The van der Waals surface area contributed by atoms with Crippen LogP contribution in [0.5, 0.6) is 0 Å². The van der Waals surface area contributed by atoms with Gasteiger partial charge in [-0.3, -0.25) is 4.57 Å². The first-order valence-electron chi connectivity index (χ1n) is 11.5. The second-order valence-electron chi connectivity index (χ2n) is 8.60. The number of aromatic nitrogens is 2. The van der Waals surface area contributed by atoms with Crippen LogP contribution >= 0.6 is 18.3 Å². The zero-order chi connectivity index (χ0) is 24.0. The number of rotatable bonds is 4. The number of hydrogen-bond acceptors (Lipinski definition) is 2. The average Bonchev–Trinajstić information content (AvgIpc) is 3.18. The molecule has 0 aliphatic heterocycles. The normalized spacial score (nSPS) is 11.8. The summed E-state index contributed by atoms with van der Waals surface area (Å²) in [5.41, 5.74) is 3.27. The molecular formula is C30H23N2PS2. The van der Waals surface area contributed by atoms with E-state index < -0.39 is 6.04 Å². The van der Waals surface area contributed by atoms with E-state index in [1.54, 1.807) is 0 Å². The monoisotopic (exact) mass is 506 g/mol. The molecule has 0 aliphatic carbocycles. The van der Waals surface area contributed by atoms with E-state index in [4.69, 9.17) is 24.0 Å². The highest BCUT2D eigenvalue weighted by Gasteiger charge is 2.30. The number of benzene rings is 5. The van der Waals surface area contributed by atoms with Crippen molar-refractivity contribution in [2.24, 2.45) is 7.05 Å². The quantitative estimate of drug-likeness (QED) is 0.197. The van der Waals surface area contributed by atoms with Crippen molar-refractivity contribution in [3.8, 4) is 5.69 Å². The van der Waals surface area contributed by atoms with E-state index in [1.807, 2.05) is 7.05 Å². The Morgan fingerprint density at radius 2 is 1.14 bits per heavy atom. The molecule has 0 radical (unpaired) electrons. The van der Waals surface area contributed by atoms with Crippen LogP contribution in [0.15, 0.2) is 121 Å². The fourth-order valence-corrected chi connectivity index (χ4v) is 9.25. The molecule has 170 valence electrons. The van der Waals surface area contributed by atoms with Crippen LogP contribution in [0.1, 0.15) is 0 Å². The van der Waals surface area contributed by atoms with Crippen molar-refractivity contribution in [1.29, 1.82) is 0 Å². The van der Waals surface area contributed by atoms with E-state index in [0.717, 1.165) is 32.2 Å². The van der Waals surface area contributed by atoms with Gasteiger partial charge in [0.1, 0.15) is 0 Å². The molecule has 0 unspecified atom stereocenters. The summed E-state index contributed by atoms with van der Waals surface area (Å²) in [4.78, 5) is 0. The molecule has 0 atom stereocenters. The second-order valence-corrected chi connectivity index (χ2v) is 13.3. The zero-order valence-electron chi connectivity index (χ0n) is 19.2. The molecule has 6 aromatic rings. The molecular weight excluding hydrogens is 483 g/mol. The summed E-state index contributed by atoms with van der Waals surface area (Å²) in [6.07, 6.45) is 0. The fraction of sp³-hybridized carbons (Fsp3) is 0.0333. The number of hydrogen-bond donors (Lipinski definition) is 0. The topological polar surface area (TPSA) is 9.86 Å². The first-order valence-corrected chi connectivity index (χ1v) is 14.7. The van der Waals surface area contributed by atoms with Gasteiger partial charge in [-0.15, -0.1) is 0 Å². The molecule has 1 aromatic heterocycles. The molecule has 0 amide bonds. The molecule has 6 rings (SSSR count). The minimum atomic E-state index is -2.42. The van der Waals surface area contributed by atoms with Gasteiger partial charge in [0, 0.05) is 23.8 Å². The second kappa shape index (κ2) is 8.73. The predicted molar refractivity (Wildman–Crippen MR) is 157 cm³/mol. The lowest BCUT2D eigenvalue weighted by molar-refractivity contribution is 0.890. The Morgan fingerprint density at radius 1 is 0.600 bits per heavy atom. The number of fused-ring (bicyclic) bond motifs is 2. The number of aryl methyl sites for hydroxylation is 1. The summed E-state index contributed by atoms with van der Waals surface area (Å²) in [5.74, 6) is 0. The Hall–Kier alpha value is -3.30. The van der Waals surface area contributed by atoms with Crippen molar-refractivity contribution < 1.29 is 0 Å². The van der Waals surface area contributed by atoms with Gasteiger partial charge in [0.05, 0.1) is 16.7 Å². The van der Waals surface area contributed by atoms with Crippen LogP contribution in [0.4, 0.5) is 0 Å². The third-order valence-corrected chi connectivity index (χ3v) is 12.0. The molecule has 5 aromatic carbocycles. The van der Waals surface area contributed by atoms with Crippen molar-refractivity contribution in [3.63, 3.8) is 0 Å². The molecule has 2 nitrogen and oxygen atoms in total. The zero-order valence-corrected chi connectivity index (χ0v) is 21.7. The van der Waals surface area contributed by atoms with Gasteiger partial charge >= 0.3 is 0 Å². The van der Waals surface area contributed by atoms with E-state index in [2.05, 4.69) is 130 Å². The molecule has 0 saturated heterocycles. The minimum Gasteiger partial charge on any atom is -0.319 e. The molecule has 0 spiro atoms. The minimum absolute atomic E-state index is 0.756. The van der Waals surface area contributed by atoms with E-state index in [-0.39, 0.29) is 0 Å². The van der Waals surface area contributed by atoms with Gasteiger partial charge in [0.25, 0.3) is 0 Å². The van der Waals surface area contributed by atoms with Gasteiger partial charge in [0.15, 0.2) is 4.77 Å². The summed E-state index contributed by atoms with van der Waals surface area (Å²) in [5, 5.41) is 5.81. The van der Waals surface area contributed by atoms with Gasteiger partial charge in [-0.25, -0.2) is 0 Å². The lowest BCUT2D eigenvalue weighted by Gasteiger charge is -2.28. The third-order valence-electron chi connectivity index (χ3n) is 6.64. The SMILES string of the molecule is Cn1c(=S)n(-c2c(P(=S)(c3ccccc3)c3ccccc3)ccc3ccccc23)c2ccccc21. The maximum Gasteiger partial charge on any atom is 0.185 e. The van der Waals surface area contributed by atoms with Gasteiger partial charge in [-0.2, -0.15) is 0 Å². The molecule has 0 fully saturated rings. The van der Waals surface area contributed by atoms with Gasteiger partial charge < -0.3 is 4.57 Å². The summed E-state index contributed by atoms with van der Waals surface area (Å²) in [6.45, 7) is 0. The smallest absolute Gasteiger partial charge is 0.185 e. The summed E-state index contributed by atoms with van der Waals surface area (Å²) in [7, 11) is 2.04. The highest BCUT2D eigenvalue weighted by atomic mass is 32.4. The van der Waals surface area contributed by atoms with Crippen LogP contribution in [-0.2, 0) is 18.9 Å². The molecule has 35 heavy (non-hydrogen) atoms. The van der Waals surface area contributed by atoms with Crippen molar-refractivity contribution in [1.82, 2.24) is 9.13 Å². The first-order chi connectivity index (χ1) is 17.1. The Balaban J connectivity index is 1.83. The lowest BCUT2D eigenvalue weighted by atomic mass is 10.1. The molecule has 1 heterocycles. The van der Waals surface area contributed by atoms with Crippen molar-refractivity contribution in [2.75, 3.05) is 0 Å². The van der Waals surface area contributed by atoms with Crippen LogP contribution in [0, 0.1) is 4.77 Å². The van der Waals surface area contributed by atoms with Crippen molar-refractivity contribution in [2.45, 2.75) is 0 Å². The van der Waals surface area contributed by atoms with Gasteiger partial charge in [0.2, 0.25) is 0 Å². The van der Waals surface area contributed by atoms with E-state index >= 15 is 0 Å². The van der Waals surface area contributed by atoms with Gasteiger partial charge in [-0.1, -0.05) is 121 Å². The molecule has 5 heteroatoms. The highest BCUT2D eigenvalue weighted by molar-refractivity contribution is 8.25. The molecule has 0 saturated carbocycles. The number of imidazole rings is 1. The van der Waals surface area contributed by atoms with Crippen molar-refractivity contribution in [3.05, 3.63) is 126 Å². The van der Waals surface area contributed by atoms with Crippen LogP contribution < -0.4 is 15.9 Å². The standard InChI is InChI=1S/C30H23N2PS2/c1-31-26-18-10-11-19-27(26)32(30(31)34)29-25-17-9-8-12-22(25)20-21-28(29)33(35,23-13-4-2-5-14-23)24-15-6-3-7-16-24/h2-21H,1H3. The summed E-state index contributed by atoms with van der Waals surface area (Å²) in [6, 6.07) is 40.1. The molecule has 0 bridgehead atoms. The average molecular weight is 507 g/mol. The molecule has 0 aliphatic rings. The Kier molecular flexibility index (Phi) is 5.53. The maximum atomic E-state index is 6.78. The Labute approximate surface area is 215 Å². The number of para-hydroxylation sites is 2. The van der Waals surface area contributed by atoms with Crippen LogP contribution in [0.3, 0.4) is 0 Å². The van der Waals surface area contributed by atoms with E-state index in [1.165, 1.54) is 16.0 Å². The van der Waals surface area contributed by atoms with Crippen LogP contribution in [0.25, 0.3) is 27.5 Å². The van der Waals surface area contributed by atoms with E-state index in [0.29, 0.717) is 0 Å². The van der Waals surface area contributed by atoms with Gasteiger partial charge in [-0.05, 0) is 40.3 Å². The van der Waals surface area contributed by atoms with Crippen LogP contribution in [-0.4, -0.2) is 9.13 Å².